The second-order valence-electron chi connectivity index (χ2n) is 9.13. The van der Waals surface area contributed by atoms with Crippen LogP contribution in [-0.2, 0) is 22.6 Å². The van der Waals surface area contributed by atoms with Gasteiger partial charge in [0.2, 0.25) is 11.8 Å². The van der Waals surface area contributed by atoms with Crippen molar-refractivity contribution < 1.29 is 9.59 Å². The lowest BCUT2D eigenvalue weighted by atomic mass is 9.97. The second-order valence-corrected chi connectivity index (χ2v) is 9.13. The lowest BCUT2D eigenvalue weighted by Crippen LogP contribution is -2.44. The molecule has 2 amide bonds. The van der Waals surface area contributed by atoms with Crippen molar-refractivity contribution in [1.29, 1.82) is 0 Å². The smallest absolute Gasteiger partial charge is 0.247 e. The van der Waals surface area contributed by atoms with E-state index in [4.69, 9.17) is 0 Å². The molecule has 1 N–H and O–H groups in total. The molecule has 1 atom stereocenters. The Morgan fingerprint density at radius 1 is 0.800 bits per heavy atom. The molecule has 0 heterocycles. The van der Waals surface area contributed by atoms with Gasteiger partial charge in [0.25, 0.3) is 0 Å². The molecule has 0 saturated heterocycles. The Balaban J connectivity index is 1.59. The van der Waals surface area contributed by atoms with Crippen molar-refractivity contribution in [3.05, 3.63) is 119 Å². The van der Waals surface area contributed by atoms with Gasteiger partial charge in [0.05, 0.1) is 6.42 Å². The summed E-state index contributed by atoms with van der Waals surface area (Å²) in [6.07, 6.45) is 8.16. The van der Waals surface area contributed by atoms with Crippen LogP contribution in [0.5, 0.6) is 0 Å². The minimum absolute atomic E-state index is 0.0703. The fraction of sp³-hybridized carbons (Fsp3) is 0.290. The maximum atomic E-state index is 13.7. The minimum Gasteiger partial charge on any atom is -0.354 e. The first kappa shape index (κ1) is 24.5. The monoisotopic (exact) mass is 466 g/mol. The van der Waals surface area contributed by atoms with Gasteiger partial charge in [-0.15, -0.1) is 0 Å². The predicted molar refractivity (Wildman–Crippen MR) is 140 cm³/mol. The van der Waals surface area contributed by atoms with Crippen molar-refractivity contribution in [3.63, 3.8) is 0 Å². The summed E-state index contributed by atoms with van der Waals surface area (Å²) in [5.74, 6) is -0.205. The second kappa shape index (κ2) is 12.7. The highest BCUT2D eigenvalue weighted by atomic mass is 16.2. The van der Waals surface area contributed by atoms with Crippen LogP contribution in [-0.4, -0.2) is 23.3 Å². The van der Waals surface area contributed by atoms with Crippen LogP contribution in [0.1, 0.15) is 54.8 Å². The molecule has 0 aliphatic heterocycles. The summed E-state index contributed by atoms with van der Waals surface area (Å²) in [6.45, 7) is 0.949. The van der Waals surface area contributed by atoms with Gasteiger partial charge in [0, 0.05) is 13.1 Å². The van der Waals surface area contributed by atoms with E-state index >= 15 is 0 Å². The number of rotatable bonds is 10. The Morgan fingerprint density at radius 2 is 1.43 bits per heavy atom. The van der Waals surface area contributed by atoms with Gasteiger partial charge in [-0.3, -0.25) is 9.59 Å². The number of benzene rings is 3. The van der Waals surface area contributed by atoms with Crippen LogP contribution in [0.15, 0.2) is 103 Å². The SMILES string of the molecule is O=C(NCCC1=CCCCC1)[C@@H](c1ccccc1)N(Cc1ccccc1)C(=O)Cc1ccccc1. The summed E-state index contributed by atoms with van der Waals surface area (Å²) in [5.41, 5.74) is 4.18. The zero-order chi connectivity index (χ0) is 24.3. The Bertz CT molecular complexity index is 1110. The zero-order valence-electron chi connectivity index (χ0n) is 20.2. The van der Waals surface area contributed by atoms with E-state index in [9.17, 15) is 9.59 Å². The molecule has 1 aliphatic carbocycles. The number of nitrogens with one attached hydrogen (secondary N) is 1. The summed E-state index contributed by atoms with van der Waals surface area (Å²) >= 11 is 0. The van der Waals surface area contributed by atoms with Gasteiger partial charge < -0.3 is 10.2 Å². The summed E-state index contributed by atoms with van der Waals surface area (Å²) in [5, 5.41) is 3.14. The van der Waals surface area contributed by atoms with Crippen LogP contribution in [0.25, 0.3) is 0 Å². The van der Waals surface area contributed by atoms with Crippen LogP contribution < -0.4 is 5.32 Å². The van der Waals surface area contributed by atoms with Crippen LogP contribution in [0, 0.1) is 0 Å². The highest BCUT2D eigenvalue weighted by molar-refractivity contribution is 5.89. The van der Waals surface area contributed by atoms with Gasteiger partial charge in [-0.05, 0) is 48.8 Å². The van der Waals surface area contributed by atoms with E-state index in [1.807, 2.05) is 91.0 Å². The fourth-order valence-corrected chi connectivity index (χ4v) is 4.66. The third kappa shape index (κ3) is 7.16. The largest absolute Gasteiger partial charge is 0.354 e. The Kier molecular flexibility index (Phi) is 8.88. The van der Waals surface area contributed by atoms with Crippen LogP contribution in [0.3, 0.4) is 0 Å². The molecule has 0 unspecified atom stereocenters. The van der Waals surface area contributed by atoms with Gasteiger partial charge >= 0.3 is 0 Å². The third-order valence-corrected chi connectivity index (χ3v) is 6.52. The van der Waals surface area contributed by atoms with E-state index in [-0.39, 0.29) is 18.2 Å². The Hall–Kier alpha value is -3.66. The summed E-state index contributed by atoms with van der Waals surface area (Å²) in [7, 11) is 0. The zero-order valence-corrected chi connectivity index (χ0v) is 20.2. The quantitative estimate of drug-likeness (QED) is 0.372. The number of hydrogen-bond donors (Lipinski definition) is 1. The lowest BCUT2D eigenvalue weighted by Gasteiger charge is -2.32. The molecule has 3 aromatic rings. The first-order chi connectivity index (χ1) is 17.2. The molecule has 35 heavy (non-hydrogen) atoms. The molecule has 0 spiro atoms. The Morgan fingerprint density at radius 3 is 2.06 bits per heavy atom. The van der Waals surface area contributed by atoms with E-state index in [1.165, 1.54) is 18.4 Å². The molecule has 180 valence electrons. The highest BCUT2D eigenvalue weighted by Crippen LogP contribution is 2.25. The van der Waals surface area contributed by atoms with E-state index < -0.39 is 6.04 Å². The summed E-state index contributed by atoms with van der Waals surface area (Å²) in [4.78, 5) is 29.1. The van der Waals surface area contributed by atoms with Crippen molar-refractivity contribution in [3.8, 4) is 0 Å². The van der Waals surface area contributed by atoms with Crippen molar-refractivity contribution in [2.24, 2.45) is 0 Å². The predicted octanol–water partition coefficient (Wildman–Crippen LogP) is 6.01. The highest BCUT2D eigenvalue weighted by Gasteiger charge is 2.31. The first-order valence-corrected chi connectivity index (χ1v) is 12.6. The number of carbonyl (C=O) groups excluding carboxylic acids is 2. The maximum absolute atomic E-state index is 13.7. The van der Waals surface area contributed by atoms with E-state index in [1.54, 1.807) is 4.90 Å². The van der Waals surface area contributed by atoms with Crippen molar-refractivity contribution in [2.45, 2.75) is 51.1 Å². The number of carbonyl (C=O) groups is 2. The number of hydrogen-bond acceptors (Lipinski definition) is 2. The molecule has 0 fully saturated rings. The van der Waals surface area contributed by atoms with E-state index in [0.29, 0.717) is 13.1 Å². The van der Waals surface area contributed by atoms with Gasteiger partial charge in [0.1, 0.15) is 6.04 Å². The number of nitrogens with zero attached hydrogens (tertiary/aromatic N) is 1. The first-order valence-electron chi connectivity index (χ1n) is 12.6. The topological polar surface area (TPSA) is 49.4 Å². The third-order valence-electron chi connectivity index (χ3n) is 6.52. The number of amides is 2. The molecular weight excluding hydrogens is 432 g/mol. The molecule has 0 bridgehead atoms. The van der Waals surface area contributed by atoms with Gasteiger partial charge in [-0.1, -0.05) is 103 Å². The average molecular weight is 467 g/mol. The summed E-state index contributed by atoms with van der Waals surface area (Å²) < 4.78 is 0. The molecule has 4 nitrogen and oxygen atoms in total. The molecular formula is C31H34N2O2. The van der Waals surface area contributed by atoms with Crippen LogP contribution in [0.2, 0.25) is 0 Å². The standard InChI is InChI=1S/C31H34N2O2/c34-29(23-26-15-7-2-8-16-26)33(24-27-17-9-3-10-18-27)30(28-19-11-4-12-20-28)31(35)32-22-21-25-13-5-1-6-14-25/h2-4,7-13,15-20,30H,1,5-6,14,21-24H2,(H,32,35)/t30-/m1/s1. The molecule has 4 rings (SSSR count). The Labute approximate surface area is 208 Å². The number of allylic oxidation sites excluding steroid dienone is 1. The average Bonchev–Trinajstić information content (AvgIpc) is 2.91. The van der Waals surface area contributed by atoms with Crippen LogP contribution in [0.4, 0.5) is 0 Å². The lowest BCUT2D eigenvalue weighted by molar-refractivity contribution is -0.141. The molecule has 4 heteroatoms. The maximum Gasteiger partial charge on any atom is 0.247 e. The van der Waals surface area contributed by atoms with E-state index in [0.717, 1.165) is 36.0 Å². The normalized spacial score (nSPS) is 14.0. The van der Waals surface area contributed by atoms with Gasteiger partial charge in [-0.25, -0.2) is 0 Å². The molecule has 0 radical (unpaired) electrons. The van der Waals surface area contributed by atoms with Crippen LogP contribution >= 0.6 is 0 Å². The van der Waals surface area contributed by atoms with Crippen molar-refractivity contribution >= 4 is 11.8 Å². The van der Waals surface area contributed by atoms with Gasteiger partial charge in [-0.2, -0.15) is 0 Å². The fourth-order valence-electron chi connectivity index (χ4n) is 4.66. The van der Waals surface area contributed by atoms with Crippen molar-refractivity contribution in [1.82, 2.24) is 10.2 Å². The molecule has 0 aromatic heterocycles. The minimum atomic E-state index is -0.701. The molecule has 0 saturated carbocycles. The van der Waals surface area contributed by atoms with Crippen molar-refractivity contribution in [2.75, 3.05) is 6.54 Å². The summed E-state index contributed by atoms with van der Waals surface area (Å²) in [6, 6.07) is 28.5. The van der Waals surface area contributed by atoms with Gasteiger partial charge in [0.15, 0.2) is 0 Å². The van der Waals surface area contributed by atoms with E-state index in [2.05, 4.69) is 11.4 Å². The molecule has 1 aliphatic rings. The molecule has 3 aromatic carbocycles.